The van der Waals surface area contributed by atoms with E-state index in [-0.39, 0.29) is 0 Å². The Labute approximate surface area is 154 Å². The Morgan fingerprint density at radius 2 is 2.20 bits per heavy atom. The third-order valence-corrected chi connectivity index (χ3v) is 4.53. The molecular formula is C17H18ClN5OS. The molecule has 0 radical (unpaired) electrons. The van der Waals surface area contributed by atoms with Crippen molar-refractivity contribution in [1.29, 1.82) is 0 Å². The zero-order chi connectivity index (χ0) is 17.5. The Balaban J connectivity index is 1.48. The van der Waals surface area contributed by atoms with Crippen molar-refractivity contribution in [3.8, 4) is 11.4 Å². The first-order valence-corrected chi connectivity index (χ1v) is 9.06. The third kappa shape index (κ3) is 5.04. The third-order valence-electron chi connectivity index (χ3n) is 3.42. The summed E-state index contributed by atoms with van der Waals surface area (Å²) in [5, 5.41) is 13.2. The van der Waals surface area contributed by atoms with Crippen LogP contribution >= 0.6 is 22.9 Å². The van der Waals surface area contributed by atoms with E-state index >= 15 is 0 Å². The Morgan fingerprint density at radius 1 is 1.28 bits per heavy atom. The number of hydrogen-bond acceptors (Lipinski definition) is 5. The second-order valence-electron chi connectivity index (χ2n) is 5.20. The number of hydrogen-bond donors (Lipinski definition) is 2. The minimum atomic E-state index is 0.540. The van der Waals surface area contributed by atoms with Gasteiger partial charge in [0.25, 0.3) is 0 Å². The van der Waals surface area contributed by atoms with Gasteiger partial charge in [-0.1, -0.05) is 35.0 Å². The number of rotatable bonds is 6. The van der Waals surface area contributed by atoms with E-state index in [9.17, 15) is 0 Å². The molecule has 0 fully saturated rings. The van der Waals surface area contributed by atoms with Gasteiger partial charge in [0.05, 0.1) is 6.54 Å². The van der Waals surface area contributed by atoms with Gasteiger partial charge in [0.1, 0.15) is 0 Å². The highest BCUT2D eigenvalue weighted by atomic mass is 35.5. The summed E-state index contributed by atoms with van der Waals surface area (Å²) in [6.07, 6.45) is 0.604. The molecule has 0 unspecified atom stereocenters. The topological polar surface area (TPSA) is 75.3 Å². The Bertz CT molecular complexity index is 831. The minimum Gasteiger partial charge on any atom is -0.356 e. The monoisotopic (exact) mass is 375 g/mol. The lowest BCUT2D eigenvalue weighted by Gasteiger charge is -2.09. The summed E-state index contributed by atoms with van der Waals surface area (Å²) in [7, 11) is 1.74. The highest BCUT2D eigenvalue weighted by Gasteiger charge is 2.09. The van der Waals surface area contributed by atoms with Gasteiger partial charge in [-0.2, -0.15) is 4.98 Å². The van der Waals surface area contributed by atoms with Crippen LogP contribution in [0.1, 0.15) is 10.8 Å². The van der Waals surface area contributed by atoms with Crippen LogP contribution in [0.25, 0.3) is 11.4 Å². The van der Waals surface area contributed by atoms with Crippen molar-refractivity contribution in [2.24, 2.45) is 4.99 Å². The molecule has 2 N–H and O–H groups in total. The predicted molar refractivity (Wildman–Crippen MR) is 101 cm³/mol. The molecular weight excluding hydrogens is 358 g/mol. The van der Waals surface area contributed by atoms with Gasteiger partial charge >= 0.3 is 0 Å². The molecule has 0 bridgehead atoms. The molecule has 1 aromatic carbocycles. The first-order valence-electron chi connectivity index (χ1n) is 7.80. The number of nitrogens with one attached hydrogen (secondary N) is 2. The number of aromatic nitrogens is 2. The Morgan fingerprint density at radius 3 is 2.96 bits per heavy atom. The molecule has 6 nitrogen and oxygen atoms in total. The number of benzene rings is 1. The SMILES string of the molecule is CN=C(NCCc1nc(-c2cccc(Cl)c2)no1)NCc1cccs1. The lowest BCUT2D eigenvalue weighted by atomic mass is 10.2. The van der Waals surface area contributed by atoms with Gasteiger partial charge in [-0.3, -0.25) is 4.99 Å². The standard InChI is InChI=1S/C17H18ClN5OS/c1-19-17(21-11-14-6-3-9-25-14)20-8-7-15-22-16(23-24-15)12-4-2-5-13(18)10-12/h2-6,9-10H,7-8,11H2,1H3,(H2,19,20,21). The van der Waals surface area contributed by atoms with Crippen molar-refractivity contribution in [2.45, 2.75) is 13.0 Å². The molecule has 0 saturated carbocycles. The maximum Gasteiger partial charge on any atom is 0.228 e. The van der Waals surface area contributed by atoms with Crippen molar-refractivity contribution in [3.63, 3.8) is 0 Å². The maximum absolute atomic E-state index is 5.99. The molecule has 2 aromatic heterocycles. The summed E-state index contributed by atoms with van der Waals surface area (Å²) in [6.45, 7) is 1.39. The summed E-state index contributed by atoms with van der Waals surface area (Å²) in [4.78, 5) is 9.85. The van der Waals surface area contributed by atoms with Gasteiger partial charge in [0.2, 0.25) is 11.7 Å². The van der Waals surface area contributed by atoms with Crippen molar-refractivity contribution < 1.29 is 4.52 Å². The summed E-state index contributed by atoms with van der Waals surface area (Å²) in [5.74, 6) is 1.84. The fourth-order valence-electron chi connectivity index (χ4n) is 2.19. The van der Waals surface area contributed by atoms with E-state index < -0.39 is 0 Å². The fourth-order valence-corrected chi connectivity index (χ4v) is 3.03. The van der Waals surface area contributed by atoms with E-state index in [2.05, 4.69) is 37.2 Å². The second-order valence-corrected chi connectivity index (χ2v) is 6.67. The van der Waals surface area contributed by atoms with Crippen LogP contribution < -0.4 is 10.6 Å². The zero-order valence-corrected chi connectivity index (χ0v) is 15.3. The van der Waals surface area contributed by atoms with Gasteiger partial charge < -0.3 is 15.2 Å². The smallest absolute Gasteiger partial charge is 0.228 e. The first-order chi connectivity index (χ1) is 12.2. The van der Waals surface area contributed by atoms with Gasteiger partial charge in [0.15, 0.2) is 5.96 Å². The van der Waals surface area contributed by atoms with Crippen molar-refractivity contribution >= 4 is 28.9 Å². The minimum absolute atomic E-state index is 0.540. The molecule has 3 aromatic rings. The number of aliphatic imine (C=N–C) groups is 1. The van der Waals surface area contributed by atoms with Crippen molar-refractivity contribution in [3.05, 3.63) is 57.6 Å². The highest BCUT2D eigenvalue weighted by Crippen LogP contribution is 2.19. The molecule has 0 aliphatic heterocycles. The van der Waals surface area contributed by atoms with Crippen LogP contribution in [0.5, 0.6) is 0 Å². The number of guanidine groups is 1. The van der Waals surface area contributed by atoms with Gasteiger partial charge in [-0.05, 0) is 23.6 Å². The highest BCUT2D eigenvalue weighted by molar-refractivity contribution is 7.09. The van der Waals surface area contributed by atoms with E-state index in [0.29, 0.717) is 29.7 Å². The molecule has 3 rings (SSSR count). The normalized spacial score (nSPS) is 11.5. The van der Waals surface area contributed by atoms with Crippen LogP contribution in [0.4, 0.5) is 0 Å². The molecule has 0 saturated heterocycles. The van der Waals surface area contributed by atoms with Crippen molar-refractivity contribution in [2.75, 3.05) is 13.6 Å². The molecule has 0 spiro atoms. The van der Waals surface area contributed by atoms with E-state index in [1.54, 1.807) is 18.4 Å². The van der Waals surface area contributed by atoms with Crippen LogP contribution in [0.15, 0.2) is 51.3 Å². The van der Waals surface area contributed by atoms with Gasteiger partial charge in [-0.25, -0.2) is 0 Å². The second kappa shape index (κ2) is 8.64. The van der Waals surface area contributed by atoms with E-state index in [4.69, 9.17) is 16.1 Å². The van der Waals surface area contributed by atoms with E-state index in [1.165, 1.54) is 4.88 Å². The van der Waals surface area contributed by atoms with Crippen LogP contribution in [-0.2, 0) is 13.0 Å². The predicted octanol–water partition coefficient (Wildman–Crippen LogP) is 3.36. The van der Waals surface area contributed by atoms with Gasteiger partial charge in [0, 0.05) is 35.5 Å². The van der Waals surface area contributed by atoms with Crippen LogP contribution in [0.2, 0.25) is 5.02 Å². The van der Waals surface area contributed by atoms with E-state index in [0.717, 1.165) is 18.1 Å². The summed E-state index contributed by atoms with van der Waals surface area (Å²) in [6, 6.07) is 11.5. The zero-order valence-electron chi connectivity index (χ0n) is 13.7. The molecule has 0 aliphatic carbocycles. The Hall–Kier alpha value is -2.38. The number of thiophene rings is 1. The van der Waals surface area contributed by atoms with Crippen LogP contribution in [0, 0.1) is 0 Å². The fraction of sp³-hybridized carbons (Fsp3) is 0.235. The summed E-state index contributed by atoms with van der Waals surface area (Å²) in [5.41, 5.74) is 0.837. The molecule has 25 heavy (non-hydrogen) atoms. The summed E-state index contributed by atoms with van der Waals surface area (Å²) >= 11 is 7.70. The number of halogens is 1. The molecule has 0 amide bonds. The lowest BCUT2D eigenvalue weighted by Crippen LogP contribution is -2.37. The quantitative estimate of drug-likeness (QED) is 0.510. The first kappa shape index (κ1) is 17.4. The molecule has 0 aliphatic rings. The summed E-state index contributed by atoms with van der Waals surface area (Å²) < 4.78 is 5.29. The van der Waals surface area contributed by atoms with Crippen molar-refractivity contribution in [1.82, 2.24) is 20.8 Å². The molecule has 8 heteroatoms. The average molecular weight is 376 g/mol. The lowest BCUT2D eigenvalue weighted by molar-refractivity contribution is 0.378. The van der Waals surface area contributed by atoms with Crippen LogP contribution in [0.3, 0.4) is 0 Å². The average Bonchev–Trinajstić information content (AvgIpc) is 3.30. The number of nitrogens with zero attached hydrogens (tertiary/aromatic N) is 3. The molecule has 2 heterocycles. The van der Waals surface area contributed by atoms with E-state index in [1.807, 2.05) is 30.3 Å². The molecule has 0 atom stereocenters. The van der Waals surface area contributed by atoms with Gasteiger partial charge in [-0.15, -0.1) is 11.3 Å². The maximum atomic E-state index is 5.99. The largest absolute Gasteiger partial charge is 0.356 e. The van der Waals surface area contributed by atoms with Crippen LogP contribution in [-0.4, -0.2) is 29.7 Å². The molecule has 130 valence electrons. The Kier molecular flexibility index (Phi) is 6.03.